The minimum Gasteiger partial charge on any atom is -0.349 e. The molecule has 0 aromatic rings. The maximum absolute atomic E-state index is 6.09. The first-order chi connectivity index (χ1) is 7.33. The molecular formula is C13H24O2. The van der Waals surface area contributed by atoms with Crippen molar-refractivity contribution in [3.8, 4) is 0 Å². The quantitative estimate of drug-likeness (QED) is 0.699. The molecule has 2 aliphatic heterocycles. The zero-order valence-corrected chi connectivity index (χ0v) is 10.1. The Balaban J connectivity index is 2.17. The summed E-state index contributed by atoms with van der Waals surface area (Å²) >= 11 is 0. The normalized spacial score (nSPS) is 35.6. The van der Waals surface area contributed by atoms with Crippen LogP contribution in [0.5, 0.6) is 0 Å². The highest BCUT2D eigenvalue weighted by Gasteiger charge is 2.49. The molecule has 0 aromatic carbocycles. The molecule has 0 N–H and O–H groups in total. The van der Waals surface area contributed by atoms with E-state index < -0.39 is 0 Å². The van der Waals surface area contributed by atoms with Crippen LogP contribution in [0.4, 0.5) is 0 Å². The maximum atomic E-state index is 6.09. The molecule has 2 aliphatic rings. The monoisotopic (exact) mass is 212 g/mol. The van der Waals surface area contributed by atoms with Gasteiger partial charge in [-0.3, -0.25) is 0 Å². The number of rotatable bonds is 2. The molecule has 1 spiro atoms. The largest absolute Gasteiger partial charge is 0.349 e. The summed E-state index contributed by atoms with van der Waals surface area (Å²) in [4.78, 5) is 0. The fourth-order valence-electron chi connectivity index (χ4n) is 3.35. The Hall–Kier alpha value is -0.0800. The molecule has 2 fully saturated rings. The van der Waals surface area contributed by atoms with E-state index >= 15 is 0 Å². The topological polar surface area (TPSA) is 18.5 Å². The van der Waals surface area contributed by atoms with Gasteiger partial charge in [0, 0.05) is 11.8 Å². The molecule has 0 unspecified atom stereocenters. The predicted octanol–water partition coefficient (Wildman–Crippen LogP) is 3.36. The molecule has 2 rings (SSSR count). The summed E-state index contributed by atoms with van der Waals surface area (Å²) in [5, 5.41) is 0. The summed E-state index contributed by atoms with van der Waals surface area (Å²) in [7, 11) is 0. The molecule has 0 bridgehead atoms. The van der Waals surface area contributed by atoms with Crippen molar-refractivity contribution < 1.29 is 9.47 Å². The average molecular weight is 212 g/mol. The summed E-state index contributed by atoms with van der Waals surface area (Å²) in [6.45, 7) is 6.33. The highest BCUT2D eigenvalue weighted by Crippen LogP contribution is 2.45. The van der Waals surface area contributed by atoms with E-state index in [0.717, 1.165) is 13.2 Å². The van der Waals surface area contributed by atoms with Gasteiger partial charge in [-0.1, -0.05) is 13.8 Å². The first-order valence-corrected chi connectivity index (χ1v) is 6.61. The Morgan fingerprint density at radius 3 is 1.80 bits per heavy atom. The standard InChI is InChI=1S/C13H24O2/c1-3-11-7-5-9-14-13(11)12(4-2)8-6-10-15-13/h11-12H,3-10H2,1-2H3/t11-,12-,13?/m0/s1. The Morgan fingerprint density at radius 2 is 1.40 bits per heavy atom. The Labute approximate surface area is 93.3 Å². The summed E-state index contributed by atoms with van der Waals surface area (Å²) in [5.74, 6) is 1.04. The average Bonchev–Trinajstić information content (AvgIpc) is 2.30. The lowest BCUT2D eigenvalue weighted by atomic mass is 9.76. The van der Waals surface area contributed by atoms with E-state index in [1.165, 1.54) is 38.5 Å². The summed E-state index contributed by atoms with van der Waals surface area (Å²) in [6, 6.07) is 0. The van der Waals surface area contributed by atoms with Gasteiger partial charge < -0.3 is 9.47 Å². The van der Waals surface area contributed by atoms with E-state index in [2.05, 4.69) is 13.8 Å². The fraction of sp³-hybridized carbons (Fsp3) is 1.00. The van der Waals surface area contributed by atoms with E-state index in [1.54, 1.807) is 0 Å². The lowest BCUT2D eigenvalue weighted by Crippen LogP contribution is -2.54. The first-order valence-electron chi connectivity index (χ1n) is 6.61. The third-order valence-corrected chi connectivity index (χ3v) is 4.17. The molecule has 2 nitrogen and oxygen atoms in total. The zero-order chi connectivity index (χ0) is 10.7. The van der Waals surface area contributed by atoms with E-state index in [-0.39, 0.29) is 5.79 Å². The molecule has 0 saturated carbocycles. The molecule has 15 heavy (non-hydrogen) atoms. The van der Waals surface area contributed by atoms with Gasteiger partial charge in [-0.05, 0) is 38.5 Å². The minimum absolute atomic E-state index is 0.208. The van der Waals surface area contributed by atoms with Gasteiger partial charge in [-0.25, -0.2) is 0 Å². The zero-order valence-electron chi connectivity index (χ0n) is 10.1. The summed E-state index contributed by atoms with van der Waals surface area (Å²) < 4.78 is 12.2. The van der Waals surface area contributed by atoms with Gasteiger partial charge in [0.15, 0.2) is 5.79 Å². The van der Waals surface area contributed by atoms with Crippen molar-refractivity contribution >= 4 is 0 Å². The second-order valence-electron chi connectivity index (χ2n) is 4.91. The van der Waals surface area contributed by atoms with E-state index in [4.69, 9.17) is 9.47 Å². The van der Waals surface area contributed by atoms with Crippen molar-refractivity contribution in [1.29, 1.82) is 0 Å². The van der Waals surface area contributed by atoms with Crippen LogP contribution in [-0.2, 0) is 9.47 Å². The van der Waals surface area contributed by atoms with Gasteiger partial charge in [0.1, 0.15) is 0 Å². The summed E-state index contributed by atoms with van der Waals surface area (Å²) in [5.41, 5.74) is 0. The molecule has 2 heterocycles. The maximum Gasteiger partial charge on any atom is 0.173 e. The second kappa shape index (κ2) is 4.84. The van der Waals surface area contributed by atoms with Crippen LogP contribution in [0, 0.1) is 11.8 Å². The molecule has 2 atom stereocenters. The second-order valence-corrected chi connectivity index (χ2v) is 4.91. The van der Waals surface area contributed by atoms with Crippen molar-refractivity contribution in [3.05, 3.63) is 0 Å². The van der Waals surface area contributed by atoms with Crippen LogP contribution >= 0.6 is 0 Å². The van der Waals surface area contributed by atoms with Crippen LogP contribution < -0.4 is 0 Å². The summed E-state index contributed by atoms with van der Waals surface area (Å²) in [6.07, 6.45) is 7.37. The SMILES string of the molecule is CC[C@H]1CCCOC12OCCC[C@@H]2CC. The lowest BCUT2D eigenvalue weighted by Gasteiger charge is -2.50. The minimum atomic E-state index is -0.208. The van der Waals surface area contributed by atoms with Crippen molar-refractivity contribution in [2.45, 2.75) is 58.2 Å². The Kier molecular flexibility index (Phi) is 3.68. The third-order valence-electron chi connectivity index (χ3n) is 4.17. The first kappa shape index (κ1) is 11.4. The van der Waals surface area contributed by atoms with Crippen molar-refractivity contribution in [2.75, 3.05) is 13.2 Å². The smallest absolute Gasteiger partial charge is 0.173 e. The molecule has 0 amide bonds. The number of ether oxygens (including phenoxy) is 2. The van der Waals surface area contributed by atoms with E-state index in [9.17, 15) is 0 Å². The third kappa shape index (κ3) is 1.94. The predicted molar refractivity (Wildman–Crippen MR) is 60.7 cm³/mol. The number of hydrogen-bond donors (Lipinski definition) is 0. The van der Waals surface area contributed by atoms with Crippen molar-refractivity contribution in [2.24, 2.45) is 11.8 Å². The molecule has 88 valence electrons. The van der Waals surface area contributed by atoms with Crippen LogP contribution in [0.1, 0.15) is 52.4 Å². The molecule has 0 radical (unpaired) electrons. The van der Waals surface area contributed by atoms with E-state index in [0.29, 0.717) is 11.8 Å². The van der Waals surface area contributed by atoms with Crippen molar-refractivity contribution in [1.82, 2.24) is 0 Å². The molecule has 0 aromatic heterocycles. The molecule has 2 saturated heterocycles. The van der Waals surface area contributed by atoms with Crippen LogP contribution in [0.2, 0.25) is 0 Å². The number of hydrogen-bond acceptors (Lipinski definition) is 2. The van der Waals surface area contributed by atoms with Gasteiger partial charge in [-0.15, -0.1) is 0 Å². The van der Waals surface area contributed by atoms with Crippen LogP contribution in [0.3, 0.4) is 0 Å². The van der Waals surface area contributed by atoms with Gasteiger partial charge >= 0.3 is 0 Å². The van der Waals surface area contributed by atoms with Gasteiger partial charge in [0.05, 0.1) is 13.2 Å². The van der Waals surface area contributed by atoms with Crippen molar-refractivity contribution in [3.63, 3.8) is 0 Å². The molecule has 2 heteroatoms. The Morgan fingerprint density at radius 1 is 0.933 bits per heavy atom. The van der Waals surface area contributed by atoms with Crippen LogP contribution in [0.15, 0.2) is 0 Å². The fourth-order valence-corrected chi connectivity index (χ4v) is 3.35. The van der Waals surface area contributed by atoms with Crippen LogP contribution in [0.25, 0.3) is 0 Å². The van der Waals surface area contributed by atoms with Gasteiger partial charge in [-0.2, -0.15) is 0 Å². The van der Waals surface area contributed by atoms with Gasteiger partial charge in [0.2, 0.25) is 0 Å². The molecular weight excluding hydrogens is 188 g/mol. The Bertz CT molecular complexity index is 181. The molecule has 0 aliphatic carbocycles. The lowest BCUT2D eigenvalue weighted by molar-refractivity contribution is -0.327. The van der Waals surface area contributed by atoms with Gasteiger partial charge in [0.25, 0.3) is 0 Å². The highest BCUT2D eigenvalue weighted by atomic mass is 16.7. The van der Waals surface area contributed by atoms with Crippen LogP contribution in [-0.4, -0.2) is 19.0 Å². The highest BCUT2D eigenvalue weighted by molar-refractivity contribution is 4.90. The van der Waals surface area contributed by atoms with E-state index in [1.807, 2.05) is 0 Å².